The van der Waals surface area contributed by atoms with Crippen LogP contribution in [0.15, 0.2) is 47.4 Å². The third-order valence-corrected chi connectivity index (χ3v) is 5.74. The first-order valence-corrected chi connectivity index (χ1v) is 9.64. The van der Waals surface area contributed by atoms with Crippen LogP contribution in [0.1, 0.15) is 15.9 Å². The number of Topliss-reactive ketones (excluding diaryl/α,β-unsaturated/α-hetero) is 1. The number of ether oxygens (including phenoxy) is 2. The minimum absolute atomic E-state index is 0.00623. The highest BCUT2D eigenvalue weighted by atomic mass is 32.2. The van der Waals surface area contributed by atoms with E-state index in [0.29, 0.717) is 0 Å². The number of rotatable bonds is 8. The van der Waals surface area contributed by atoms with Gasteiger partial charge in [-0.15, -0.1) is 0 Å². The minimum Gasteiger partial charge on any atom is -0.494 e. The number of carbonyl (C=O) groups excluding carboxylic acids is 2. The Morgan fingerprint density at radius 1 is 1.11 bits per heavy atom. The van der Waals surface area contributed by atoms with Crippen LogP contribution in [-0.2, 0) is 19.6 Å². The molecule has 0 spiro atoms. The lowest BCUT2D eigenvalue weighted by Crippen LogP contribution is -2.33. The molecule has 0 N–H and O–H groups in total. The van der Waals surface area contributed by atoms with Crippen LogP contribution >= 0.6 is 0 Å². The van der Waals surface area contributed by atoms with Crippen LogP contribution in [0, 0.1) is 12.7 Å². The summed E-state index contributed by atoms with van der Waals surface area (Å²) in [5.74, 6) is -2.26. The smallest absolute Gasteiger partial charge is 0.321 e. The molecule has 0 aromatic heterocycles. The molecule has 0 saturated heterocycles. The van der Waals surface area contributed by atoms with E-state index in [9.17, 15) is 22.4 Å². The highest BCUT2D eigenvalue weighted by molar-refractivity contribution is 7.89. The Bertz CT molecular complexity index is 972. The second kappa shape index (κ2) is 8.94. The first-order chi connectivity index (χ1) is 13.1. The number of esters is 1. The third-order valence-electron chi connectivity index (χ3n) is 3.92. The molecule has 0 heterocycles. The fraction of sp³-hybridized carbons (Fsp3) is 0.263. The number of nitrogens with zero attached hydrogens (tertiary/aromatic N) is 1. The van der Waals surface area contributed by atoms with E-state index < -0.39 is 40.7 Å². The summed E-state index contributed by atoms with van der Waals surface area (Å²) in [5.41, 5.74) is 0.904. The Hall–Kier alpha value is -2.78. The Morgan fingerprint density at radius 2 is 1.75 bits per heavy atom. The first kappa shape index (κ1) is 21.5. The summed E-state index contributed by atoms with van der Waals surface area (Å²) in [6.07, 6.45) is 0. The molecule has 0 aliphatic heterocycles. The van der Waals surface area contributed by atoms with Gasteiger partial charge in [-0.1, -0.05) is 17.7 Å². The van der Waals surface area contributed by atoms with Crippen molar-refractivity contribution in [2.75, 3.05) is 27.3 Å². The predicted molar refractivity (Wildman–Crippen MR) is 99.2 cm³/mol. The highest BCUT2D eigenvalue weighted by Gasteiger charge is 2.24. The molecule has 0 aliphatic rings. The number of sulfonamides is 1. The second-order valence-electron chi connectivity index (χ2n) is 6.01. The lowest BCUT2D eigenvalue weighted by Gasteiger charge is -2.16. The van der Waals surface area contributed by atoms with E-state index in [1.165, 1.54) is 38.4 Å². The SMILES string of the molecule is COc1ccc(C(=O)COC(=O)CN(C)S(=O)(=O)c2ccc(C)cc2)cc1F. The lowest BCUT2D eigenvalue weighted by molar-refractivity contribution is -0.142. The summed E-state index contributed by atoms with van der Waals surface area (Å²) in [7, 11) is -1.34. The topological polar surface area (TPSA) is 90.0 Å². The van der Waals surface area contributed by atoms with E-state index in [0.717, 1.165) is 15.9 Å². The molecule has 150 valence electrons. The zero-order valence-corrected chi connectivity index (χ0v) is 16.5. The minimum atomic E-state index is -3.87. The molecule has 9 heteroatoms. The number of hydrogen-bond acceptors (Lipinski definition) is 6. The number of halogens is 1. The van der Waals surface area contributed by atoms with Gasteiger partial charge in [0, 0.05) is 12.6 Å². The van der Waals surface area contributed by atoms with E-state index in [1.54, 1.807) is 12.1 Å². The largest absolute Gasteiger partial charge is 0.494 e. The monoisotopic (exact) mass is 409 g/mol. The maximum Gasteiger partial charge on any atom is 0.321 e. The summed E-state index contributed by atoms with van der Waals surface area (Å²) in [6, 6.07) is 9.77. The van der Waals surface area contributed by atoms with Crippen LogP contribution in [0.5, 0.6) is 5.75 Å². The van der Waals surface area contributed by atoms with Crippen molar-refractivity contribution in [3.8, 4) is 5.75 Å². The van der Waals surface area contributed by atoms with E-state index in [1.807, 2.05) is 6.92 Å². The number of methoxy groups -OCH3 is 1. The normalized spacial score (nSPS) is 11.3. The van der Waals surface area contributed by atoms with E-state index in [4.69, 9.17) is 9.47 Å². The second-order valence-corrected chi connectivity index (χ2v) is 8.05. The molecule has 0 bridgehead atoms. The number of carbonyl (C=O) groups is 2. The standard InChI is InChI=1S/C19H20FNO6S/c1-13-4-7-15(8-5-13)28(24,25)21(2)11-19(23)27-12-17(22)14-6-9-18(26-3)16(20)10-14/h4-10H,11-12H2,1-3H3. The summed E-state index contributed by atoms with van der Waals surface area (Å²) >= 11 is 0. The summed E-state index contributed by atoms with van der Waals surface area (Å²) in [5, 5.41) is 0. The molecule has 7 nitrogen and oxygen atoms in total. The van der Waals surface area contributed by atoms with E-state index >= 15 is 0 Å². The average molecular weight is 409 g/mol. The molecule has 2 rings (SSSR count). The van der Waals surface area contributed by atoms with Gasteiger partial charge >= 0.3 is 5.97 Å². The van der Waals surface area contributed by atoms with Crippen molar-refractivity contribution in [1.29, 1.82) is 0 Å². The fourth-order valence-electron chi connectivity index (χ4n) is 2.27. The Balaban J connectivity index is 1.95. The molecule has 2 aromatic carbocycles. The highest BCUT2D eigenvalue weighted by Crippen LogP contribution is 2.18. The summed E-state index contributed by atoms with van der Waals surface area (Å²) in [4.78, 5) is 24.0. The van der Waals surface area contributed by atoms with E-state index in [-0.39, 0.29) is 16.2 Å². The molecule has 0 aliphatic carbocycles. The molecule has 0 amide bonds. The average Bonchev–Trinajstić information content (AvgIpc) is 2.66. The van der Waals surface area contributed by atoms with Crippen molar-refractivity contribution in [1.82, 2.24) is 4.31 Å². The molecule has 0 saturated carbocycles. The van der Waals surface area contributed by atoms with Gasteiger partial charge in [0.15, 0.2) is 24.0 Å². The molecule has 2 aromatic rings. The molecule has 0 fully saturated rings. The zero-order chi connectivity index (χ0) is 20.9. The Morgan fingerprint density at radius 3 is 2.32 bits per heavy atom. The van der Waals surface area contributed by atoms with Crippen LogP contribution in [0.2, 0.25) is 0 Å². The summed E-state index contributed by atoms with van der Waals surface area (Å²) in [6.45, 7) is 0.618. The van der Waals surface area contributed by atoms with Gasteiger partial charge < -0.3 is 9.47 Å². The van der Waals surface area contributed by atoms with Crippen molar-refractivity contribution in [3.63, 3.8) is 0 Å². The zero-order valence-electron chi connectivity index (χ0n) is 15.6. The number of benzene rings is 2. The Labute approximate surface area is 162 Å². The maximum absolute atomic E-state index is 13.6. The van der Waals surface area contributed by atoms with Crippen molar-refractivity contribution in [2.45, 2.75) is 11.8 Å². The van der Waals surface area contributed by atoms with Crippen LogP contribution in [0.25, 0.3) is 0 Å². The van der Waals surface area contributed by atoms with Crippen molar-refractivity contribution < 1.29 is 31.9 Å². The van der Waals surface area contributed by atoms with Gasteiger partial charge in [-0.05, 0) is 37.3 Å². The summed E-state index contributed by atoms with van der Waals surface area (Å²) < 4.78 is 48.9. The molecule has 0 atom stereocenters. The van der Waals surface area contributed by atoms with Crippen molar-refractivity contribution in [2.24, 2.45) is 0 Å². The lowest BCUT2D eigenvalue weighted by atomic mass is 10.1. The fourth-order valence-corrected chi connectivity index (χ4v) is 3.39. The first-order valence-electron chi connectivity index (χ1n) is 8.20. The molecule has 0 radical (unpaired) electrons. The van der Waals surface area contributed by atoms with Crippen LogP contribution in [0.3, 0.4) is 0 Å². The van der Waals surface area contributed by atoms with Gasteiger partial charge in [0.05, 0.1) is 12.0 Å². The maximum atomic E-state index is 13.6. The van der Waals surface area contributed by atoms with Crippen molar-refractivity contribution in [3.05, 3.63) is 59.4 Å². The van der Waals surface area contributed by atoms with Gasteiger partial charge in [-0.25, -0.2) is 12.8 Å². The van der Waals surface area contributed by atoms with E-state index in [2.05, 4.69) is 0 Å². The van der Waals surface area contributed by atoms with Gasteiger partial charge in [0.2, 0.25) is 10.0 Å². The Kier molecular flexibility index (Phi) is 6.87. The molecule has 28 heavy (non-hydrogen) atoms. The van der Waals surface area contributed by atoms with Gasteiger partial charge in [-0.3, -0.25) is 9.59 Å². The van der Waals surface area contributed by atoms with Gasteiger partial charge in [0.1, 0.15) is 6.54 Å². The number of aryl methyl sites for hydroxylation is 1. The third kappa shape index (κ3) is 5.14. The molecule has 0 unspecified atom stereocenters. The van der Waals surface area contributed by atoms with Crippen LogP contribution in [0.4, 0.5) is 4.39 Å². The molecular weight excluding hydrogens is 389 g/mol. The number of hydrogen-bond donors (Lipinski definition) is 0. The number of likely N-dealkylation sites (N-methyl/N-ethyl adjacent to an activating group) is 1. The predicted octanol–water partition coefficient (Wildman–Crippen LogP) is 2.19. The van der Waals surface area contributed by atoms with Crippen LogP contribution in [-0.4, -0.2) is 51.8 Å². The number of ketones is 1. The van der Waals surface area contributed by atoms with Gasteiger partial charge in [-0.2, -0.15) is 4.31 Å². The van der Waals surface area contributed by atoms with Gasteiger partial charge in [0.25, 0.3) is 0 Å². The van der Waals surface area contributed by atoms with Crippen molar-refractivity contribution >= 4 is 21.8 Å². The molecular formula is C19H20FNO6S. The quantitative estimate of drug-likeness (QED) is 0.490. The van der Waals surface area contributed by atoms with Crippen LogP contribution < -0.4 is 4.74 Å².